The maximum atomic E-state index is 5.77. The molecule has 0 aromatic heterocycles. The molecule has 152 valence electrons. The number of hydrogen-bond acceptors (Lipinski definition) is 3. The molecule has 6 heteroatoms. The van der Waals surface area contributed by atoms with Crippen LogP contribution in [0, 0.1) is 0 Å². The van der Waals surface area contributed by atoms with E-state index in [1.165, 1.54) is 50.9 Å². The van der Waals surface area contributed by atoms with Crippen LogP contribution in [0.15, 0.2) is 29.3 Å². The summed E-state index contributed by atoms with van der Waals surface area (Å²) in [4.78, 5) is 7.03. The number of unbranched alkanes of at least 4 members (excludes halogenated alkanes) is 1. The minimum Gasteiger partial charge on any atom is -0.493 e. The zero-order valence-corrected chi connectivity index (χ0v) is 19.1. The highest BCUT2D eigenvalue weighted by atomic mass is 127. The molecule has 2 aliphatic heterocycles. The fourth-order valence-corrected chi connectivity index (χ4v) is 3.92. The number of nitrogens with zero attached hydrogens (tertiary/aromatic N) is 2. The second-order valence-corrected chi connectivity index (χ2v) is 7.44. The Morgan fingerprint density at radius 1 is 1.22 bits per heavy atom. The first-order valence-corrected chi connectivity index (χ1v) is 10.2. The third-order valence-corrected chi connectivity index (χ3v) is 5.58. The Hall–Kier alpha value is -1.02. The lowest BCUT2D eigenvalue weighted by atomic mass is 9.93. The Morgan fingerprint density at radius 2 is 2.00 bits per heavy atom. The van der Waals surface area contributed by atoms with Crippen molar-refractivity contribution in [2.75, 3.05) is 39.8 Å². The van der Waals surface area contributed by atoms with Crippen molar-refractivity contribution in [3.63, 3.8) is 0 Å². The monoisotopic (exact) mass is 486 g/mol. The number of ether oxygens (including phenoxy) is 1. The minimum absolute atomic E-state index is 0. The average molecular weight is 486 g/mol. The first-order valence-electron chi connectivity index (χ1n) is 10.2. The number of piperidine rings is 1. The number of para-hydroxylation sites is 1. The van der Waals surface area contributed by atoms with Crippen molar-refractivity contribution < 1.29 is 4.74 Å². The first-order chi connectivity index (χ1) is 12.8. The van der Waals surface area contributed by atoms with E-state index in [9.17, 15) is 0 Å². The Kier molecular flexibility index (Phi) is 9.68. The van der Waals surface area contributed by atoms with Crippen LogP contribution in [0.2, 0.25) is 0 Å². The van der Waals surface area contributed by atoms with E-state index in [-0.39, 0.29) is 24.0 Å². The number of fused-ring (bicyclic) bond motifs is 1. The lowest BCUT2D eigenvalue weighted by Gasteiger charge is -2.33. The van der Waals surface area contributed by atoms with Crippen LogP contribution in [0.3, 0.4) is 0 Å². The van der Waals surface area contributed by atoms with Gasteiger partial charge in [0.15, 0.2) is 5.96 Å². The molecule has 3 rings (SSSR count). The molecule has 1 fully saturated rings. The summed E-state index contributed by atoms with van der Waals surface area (Å²) >= 11 is 0. The molecule has 1 unspecified atom stereocenters. The van der Waals surface area contributed by atoms with Crippen LogP contribution in [0.1, 0.15) is 50.5 Å². The van der Waals surface area contributed by atoms with Gasteiger partial charge in [-0.05, 0) is 43.9 Å². The van der Waals surface area contributed by atoms with Crippen molar-refractivity contribution in [2.24, 2.45) is 4.99 Å². The van der Waals surface area contributed by atoms with Crippen LogP contribution in [-0.4, -0.2) is 56.7 Å². The van der Waals surface area contributed by atoms with Crippen molar-refractivity contribution in [2.45, 2.75) is 51.0 Å². The normalized spacial score (nSPS) is 21.0. The maximum Gasteiger partial charge on any atom is 0.191 e. The highest BCUT2D eigenvalue weighted by Gasteiger charge is 2.22. The highest BCUT2D eigenvalue weighted by Crippen LogP contribution is 2.32. The van der Waals surface area contributed by atoms with Gasteiger partial charge in [0, 0.05) is 38.6 Å². The number of hydrogen-bond donors (Lipinski definition) is 2. The Bertz CT molecular complexity index is 587. The number of halogens is 1. The molecule has 1 saturated heterocycles. The van der Waals surface area contributed by atoms with Crippen molar-refractivity contribution in [1.29, 1.82) is 0 Å². The topological polar surface area (TPSA) is 48.9 Å². The van der Waals surface area contributed by atoms with Crippen LogP contribution in [0.25, 0.3) is 0 Å². The summed E-state index contributed by atoms with van der Waals surface area (Å²) in [5.41, 5.74) is 1.31. The van der Waals surface area contributed by atoms with Crippen LogP contribution in [0.5, 0.6) is 5.75 Å². The molecule has 0 amide bonds. The summed E-state index contributed by atoms with van der Waals surface area (Å²) in [6.45, 7) is 7.60. The number of guanidine groups is 1. The van der Waals surface area contributed by atoms with E-state index in [0.29, 0.717) is 12.0 Å². The van der Waals surface area contributed by atoms with Crippen molar-refractivity contribution in [3.05, 3.63) is 29.8 Å². The molecule has 1 aromatic carbocycles. The summed E-state index contributed by atoms with van der Waals surface area (Å²) in [6.07, 6.45) is 6.05. The molecule has 0 aliphatic carbocycles. The van der Waals surface area contributed by atoms with Crippen molar-refractivity contribution in [3.8, 4) is 5.75 Å². The highest BCUT2D eigenvalue weighted by molar-refractivity contribution is 14.0. The predicted octanol–water partition coefficient (Wildman–Crippen LogP) is 3.60. The van der Waals surface area contributed by atoms with Gasteiger partial charge in [-0.25, -0.2) is 0 Å². The second-order valence-electron chi connectivity index (χ2n) is 7.44. The second kappa shape index (κ2) is 11.7. The zero-order valence-electron chi connectivity index (χ0n) is 16.7. The molecule has 2 aliphatic rings. The summed E-state index contributed by atoms with van der Waals surface area (Å²) < 4.78 is 5.77. The van der Waals surface area contributed by atoms with Crippen LogP contribution in [-0.2, 0) is 0 Å². The van der Waals surface area contributed by atoms with Gasteiger partial charge in [0.1, 0.15) is 5.75 Å². The van der Waals surface area contributed by atoms with Gasteiger partial charge in [-0.1, -0.05) is 31.5 Å². The average Bonchev–Trinajstić information content (AvgIpc) is 2.70. The van der Waals surface area contributed by atoms with Gasteiger partial charge in [0.25, 0.3) is 0 Å². The Balaban J connectivity index is 0.00000261. The van der Waals surface area contributed by atoms with Gasteiger partial charge in [0.2, 0.25) is 0 Å². The molecule has 5 nitrogen and oxygen atoms in total. The van der Waals surface area contributed by atoms with E-state index in [4.69, 9.17) is 4.74 Å². The maximum absolute atomic E-state index is 5.77. The minimum atomic E-state index is 0. The van der Waals surface area contributed by atoms with Crippen molar-refractivity contribution in [1.82, 2.24) is 15.5 Å². The van der Waals surface area contributed by atoms with E-state index in [0.717, 1.165) is 31.3 Å². The first kappa shape index (κ1) is 22.3. The smallest absolute Gasteiger partial charge is 0.191 e. The molecule has 27 heavy (non-hydrogen) atoms. The molecular weight excluding hydrogens is 451 g/mol. The fraction of sp³-hybridized carbons (Fsp3) is 0.667. The molecule has 1 atom stereocenters. The van der Waals surface area contributed by atoms with Crippen LogP contribution in [0.4, 0.5) is 0 Å². The molecule has 0 bridgehead atoms. The van der Waals surface area contributed by atoms with Gasteiger partial charge < -0.3 is 20.3 Å². The predicted molar refractivity (Wildman–Crippen MR) is 124 cm³/mol. The van der Waals surface area contributed by atoms with Crippen molar-refractivity contribution >= 4 is 29.9 Å². The molecule has 0 spiro atoms. The van der Waals surface area contributed by atoms with Gasteiger partial charge in [-0.3, -0.25) is 4.99 Å². The lowest BCUT2D eigenvalue weighted by Crippen LogP contribution is -2.49. The number of nitrogens with one attached hydrogen (secondary N) is 2. The number of aliphatic imine (C=N–C) groups is 1. The Labute approximate surface area is 181 Å². The molecule has 0 saturated carbocycles. The van der Waals surface area contributed by atoms with E-state index < -0.39 is 0 Å². The summed E-state index contributed by atoms with van der Waals surface area (Å²) in [7, 11) is 1.86. The fourth-order valence-electron chi connectivity index (χ4n) is 3.92. The number of benzene rings is 1. The Morgan fingerprint density at radius 3 is 2.74 bits per heavy atom. The zero-order chi connectivity index (χ0) is 18.2. The van der Waals surface area contributed by atoms with Gasteiger partial charge in [-0.15, -0.1) is 24.0 Å². The summed E-state index contributed by atoms with van der Waals surface area (Å²) in [5, 5.41) is 7.17. The summed E-state index contributed by atoms with van der Waals surface area (Å²) in [6, 6.07) is 8.92. The third-order valence-electron chi connectivity index (χ3n) is 5.58. The molecule has 2 heterocycles. The van der Waals surface area contributed by atoms with E-state index >= 15 is 0 Å². The van der Waals surface area contributed by atoms with Gasteiger partial charge >= 0.3 is 0 Å². The molecule has 0 radical (unpaired) electrons. The third kappa shape index (κ3) is 6.52. The van der Waals surface area contributed by atoms with Crippen LogP contribution < -0.4 is 15.4 Å². The van der Waals surface area contributed by atoms with Gasteiger partial charge in [-0.2, -0.15) is 0 Å². The van der Waals surface area contributed by atoms with E-state index in [1.807, 2.05) is 13.1 Å². The molecule has 1 aromatic rings. The largest absolute Gasteiger partial charge is 0.493 e. The van der Waals surface area contributed by atoms with E-state index in [1.54, 1.807) is 0 Å². The quantitative estimate of drug-likeness (QED) is 0.367. The van der Waals surface area contributed by atoms with E-state index in [2.05, 4.69) is 45.6 Å². The number of likely N-dealkylation sites (tertiary alicyclic amines) is 1. The van der Waals surface area contributed by atoms with Crippen LogP contribution >= 0.6 is 24.0 Å². The lowest BCUT2D eigenvalue weighted by molar-refractivity contribution is 0.203. The SMILES string of the molecule is CCCCN1CCC(NC(=NC)NCC2CCOc3ccccc32)CC1.I. The van der Waals surface area contributed by atoms with Gasteiger partial charge in [0.05, 0.1) is 6.61 Å². The molecular formula is C21H35IN4O. The molecule has 2 N–H and O–H groups in total. The summed E-state index contributed by atoms with van der Waals surface area (Å²) in [5.74, 6) is 2.45. The standard InChI is InChI=1S/C21H34N4O.HI/c1-3-4-12-25-13-9-18(10-14-25)24-21(22-2)23-16-17-11-15-26-20-8-6-5-7-19(17)20;/h5-8,17-18H,3-4,9-16H2,1-2H3,(H2,22,23,24);1H. The number of rotatable bonds is 6.